The summed E-state index contributed by atoms with van der Waals surface area (Å²) >= 11 is 5.36. The Kier molecular flexibility index (Phi) is 6.09. The minimum Gasteiger partial charge on any atom is -0.356 e. The van der Waals surface area contributed by atoms with Crippen LogP contribution in [0.1, 0.15) is 24.2 Å². The van der Waals surface area contributed by atoms with Crippen LogP contribution in [0.25, 0.3) is 0 Å². The molecular weight excluding hydrogens is 410 g/mol. The second-order valence-corrected chi connectivity index (χ2v) is 8.46. The highest BCUT2D eigenvalue weighted by Crippen LogP contribution is 2.18. The summed E-state index contributed by atoms with van der Waals surface area (Å²) in [6.07, 6.45) is 4.86. The molecule has 1 atom stereocenters. The van der Waals surface area contributed by atoms with Gasteiger partial charge in [-0.25, -0.2) is 23.1 Å². The van der Waals surface area contributed by atoms with Crippen molar-refractivity contribution >= 4 is 39.0 Å². The van der Waals surface area contributed by atoms with E-state index in [-0.39, 0.29) is 16.9 Å². The van der Waals surface area contributed by atoms with Crippen molar-refractivity contribution in [3.05, 3.63) is 60.2 Å². The normalized spacial score (nSPS) is 12.2. The molecule has 0 saturated heterocycles. The monoisotopic (exact) mass is 431 g/mol. The van der Waals surface area contributed by atoms with Crippen molar-refractivity contribution in [3.8, 4) is 0 Å². The quantitative estimate of drug-likeness (QED) is 0.510. The number of thiocarbonyl (C=S) groups is 1. The fraction of sp³-hybridized carbons (Fsp3) is 0.222. The van der Waals surface area contributed by atoms with E-state index in [1.165, 1.54) is 24.5 Å². The third-order valence-electron chi connectivity index (χ3n) is 4.08. The van der Waals surface area contributed by atoms with Gasteiger partial charge in [0.15, 0.2) is 5.11 Å². The molecule has 3 rings (SSSR count). The molecule has 1 unspecified atom stereocenters. The van der Waals surface area contributed by atoms with Crippen molar-refractivity contribution < 1.29 is 8.42 Å². The van der Waals surface area contributed by atoms with Gasteiger partial charge in [-0.15, -0.1) is 0 Å². The third-order valence-corrected chi connectivity index (χ3v) is 5.64. The van der Waals surface area contributed by atoms with E-state index in [9.17, 15) is 8.42 Å². The lowest BCUT2D eigenvalue weighted by atomic mass is 10.1. The summed E-state index contributed by atoms with van der Waals surface area (Å²) in [5.74, 6) is 0.0137. The zero-order valence-corrected chi connectivity index (χ0v) is 17.8. The molecule has 0 radical (unpaired) electrons. The lowest BCUT2D eigenvalue weighted by Crippen LogP contribution is -2.31. The maximum Gasteiger partial charge on any atom is 0.264 e. The SMILES string of the molecule is Cc1nn(C)cc1C(C)NC(=S)Nc1ccc(S(=O)(=O)Nc2ncccn2)cc1. The van der Waals surface area contributed by atoms with Gasteiger partial charge in [-0.3, -0.25) is 4.68 Å². The van der Waals surface area contributed by atoms with Gasteiger partial charge >= 0.3 is 0 Å². The number of aromatic nitrogens is 4. The van der Waals surface area contributed by atoms with Crippen LogP contribution < -0.4 is 15.4 Å². The number of sulfonamides is 1. The summed E-state index contributed by atoms with van der Waals surface area (Å²) < 4.78 is 28.9. The van der Waals surface area contributed by atoms with Crippen LogP contribution in [0.5, 0.6) is 0 Å². The average molecular weight is 432 g/mol. The first kappa shape index (κ1) is 20.7. The van der Waals surface area contributed by atoms with Crippen LogP contribution in [0.4, 0.5) is 11.6 Å². The van der Waals surface area contributed by atoms with E-state index in [1.54, 1.807) is 22.9 Å². The highest BCUT2D eigenvalue weighted by molar-refractivity contribution is 7.92. The predicted octanol–water partition coefficient (Wildman–Crippen LogP) is 2.37. The molecule has 0 spiro atoms. The van der Waals surface area contributed by atoms with Gasteiger partial charge in [0, 0.05) is 36.9 Å². The van der Waals surface area contributed by atoms with Gasteiger partial charge in [0.25, 0.3) is 10.0 Å². The van der Waals surface area contributed by atoms with Crippen LogP contribution in [0.15, 0.2) is 53.8 Å². The molecule has 0 saturated carbocycles. The molecule has 2 heterocycles. The van der Waals surface area contributed by atoms with Crippen LogP contribution in [0.2, 0.25) is 0 Å². The summed E-state index contributed by atoms with van der Waals surface area (Å²) in [5, 5.41) is 11.0. The maximum atomic E-state index is 12.4. The zero-order chi connectivity index (χ0) is 21.0. The van der Waals surface area contributed by atoms with Crippen molar-refractivity contribution in [3.63, 3.8) is 0 Å². The second kappa shape index (κ2) is 8.53. The Morgan fingerprint density at radius 2 is 1.83 bits per heavy atom. The van der Waals surface area contributed by atoms with E-state index in [0.29, 0.717) is 10.8 Å². The maximum absolute atomic E-state index is 12.4. The Hall–Kier alpha value is -3.05. The van der Waals surface area contributed by atoms with Gasteiger partial charge < -0.3 is 10.6 Å². The summed E-state index contributed by atoms with van der Waals surface area (Å²) in [4.78, 5) is 7.81. The lowest BCUT2D eigenvalue weighted by Gasteiger charge is -2.17. The number of aryl methyl sites for hydroxylation is 2. The molecule has 9 nitrogen and oxygen atoms in total. The molecule has 0 aliphatic carbocycles. The molecule has 0 aliphatic rings. The second-order valence-electron chi connectivity index (χ2n) is 6.37. The Morgan fingerprint density at radius 1 is 1.17 bits per heavy atom. The number of anilines is 2. The zero-order valence-electron chi connectivity index (χ0n) is 16.1. The number of hydrogen-bond acceptors (Lipinski definition) is 6. The summed E-state index contributed by atoms with van der Waals surface area (Å²) in [7, 11) is -1.91. The van der Waals surface area contributed by atoms with Crippen LogP contribution in [-0.2, 0) is 17.1 Å². The molecule has 11 heteroatoms. The molecule has 0 amide bonds. The molecule has 29 heavy (non-hydrogen) atoms. The van der Waals surface area contributed by atoms with E-state index in [4.69, 9.17) is 12.2 Å². The van der Waals surface area contributed by atoms with Crippen LogP contribution >= 0.6 is 12.2 Å². The molecule has 2 aromatic heterocycles. The van der Waals surface area contributed by atoms with E-state index in [1.807, 2.05) is 27.1 Å². The van der Waals surface area contributed by atoms with E-state index in [2.05, 4.69) is 30.4 Å². The third kappa shape index (κ3) is 5.27. The highest BCUT2D eigenvalue weighted by atomic mass is 32.2. The van der Waals surface area contributed by atoms with Gasteiger partial charge in [-0.2, -0.15) is 5.10 Å². The van der Waals surface area contributed by atoms with Crippen molar-refractivity contribution in [2.24, 2.45) is 7.05 Å². The molecule has 1 aromatic carbocycles. The van der Waals surface area contributed by atoms with Gasteiger partial charge in [-0.05, 0) is 56.4 Å². The Labute approximate surface area is 174 Å². The largest absolute Gasteiger partial charge is 0.356 e. The topological polar surface area (TPSA) is 114 Å². The number of rotatable bonds is 6. The van der Waals surface area contributed by atoms with Gasteiger partial charge in [0.05, 0.1) is 16.6 Å². The number of benzene rings is 1. The first-order valence-electron chi connectivity index (χ1n) is 8.72. The Bertz CT molecular complexity index is 1100. The fourth-order valence-electron chi connectivity index (χ4n) is 2.73. The summed E-state index contributed by atoms with van der Waals surface area (Å²) in [6.45, 7) is 3.93. The van der Waals surface area contributed by atoms with Crippen molar-refractivity contribution in [1.29, 1.82) is 0 Å². The first-order valence-corrected chi connectivity index (χ1v) is 10.6. The molecule has 152 valence electrons. The Balaban J connectivity index is 1.62. The minimum atomic E-state index is -3.78. The first-order chi connectivity index (χ1) is 13.7. The van der Waals surface area contributed by atoms with Crippen LogP contribution in [0.3, 0.4) is 0 Å². The van der Waals surface area contributed by atoms with Crippen molar-refractivity contribution in [2.45, 2.75) is 24.8 Å². The molecular formula is C18H21N7O2S2. The molecule has 0 fully saturated rings. The van der Waals surface area contributed by atoms with Gasteiger partial charge in [0.1, 0.15) is 0 Å². The predicted molar refractivity (Wildman–Crippen MR) is 115 cm³/mol. The van der Waals surface area contributed by atoms with E-state index >= 15 is 0 Å². The molecule has 3 aromatic rings. The average Bonchev–Trinajstić information content (AvgIpc) is 3.01. The molecule has 0 aliphatic heterocycles. The van der Waals surface area contributed by atoms with Crippen LogP contribution in [0, 0.1) is 6.92 Å². The van der Waals surface area contributed by atoms with Gasteiger partial charge in [0.2, 0.25) is 5.95 Å². The summed E-state index contributed by atoms with van der Waals surface area (Å²) in [6, 6.07) is 7.79. The lowest BCUT2D eigenvalue weighted by molar-refractivity contribution is 0.601. The van der Waals surface area contributed by atoms with E-state index in [0.717, 1.165) is 11.3 Å². The van der Waals surface area contributed by atoms with Gasteiger partial charge in [-0.1, -0.05) is 0 Å². The molecule has 0 bridgehead atoms. The smallest absolute Gasteiger partial charge is 0.264 e. The molecule has 3 N–H and O–H groups in total. The number of hydrogen-bond donors (Lipinski definition) is 3. The Morgan fingerprint density at radius 3 is 2.41 bits per heavy atom. The van der Waals surface area contributed by atoms with E-state index < -0.39 is 10.0 Å². The standard InChI is InChI=1S/C18H21N7O2S2/c1-12(16-11-25(3)23-13(16)2)21-18(28)22-14-5-7-15(8-6-14)29(26,27)24-17-19-9-4-10-20-17/h4-12H,1-3H3,(H,19,20,24)(H2,21,22,28). The fourth-order valence-corrected chi connectivity index (χ4v) is 3.99. The van der Waals surface area contributed by atoms with Crippen LogP contribution in [-0.4, -0.2) is 33.3 Å². The van der Waals surface area contributed by atoms with Crippen molar-refractivity contribution in [1.82, 2.24) is 25.1 Å². The minimum absolute atomic E-state index is 0.0137. The summed E-state index contributed by atoms with van der Waals surface area (Å²) in [5.41, 5.74) is 2.64. The van der Waals surface area contributed by atoms with Crippen molar-refractivity contribution in [2.75, 3.05) is 10.0 Å². The number of nitrogens with one attached hydrogen (secondary N) is 3. The highest BCUT2D eigenvalue weighted by Gasteiger charge is 2.16. The number of nitrogens with zero attached hydrogens (tertiary/aromatic N) is 4.